The largest absolute Gasteiger partial charge is 0.383 e. The lowest BCUT2D eigenvalue weighted by molar-refractivity contribution is 0.0488. The van der Waals surface area contributed by atoms with Crippen molar-refractivity contribution in [3.05, 3.63) is 0 Å². The summed E-state index contributed by atoms with van der Waals surface area (Å²) in [5, 5.41) is 3.53. The first-order valence-corrected chi connectivity index (χ1v) is 7.36. The van der Waals surface area contributed by atoms with E-state index in [4.69, 9.17) is 4.74 Å². The zero-order valence-electron chi connectivity index (χ0n) is 12.6. The molecule has 4 heteroatoms. The average Bonchev–Trinajstić information content (AvgIpc) is 2.36. The molecule has 0 saturated carbocycles. The molecule has 18 heavy (non-hydrogen) atoms. The van der Waals surface area contributed by atoms with Crippen LogP contribution in [0.3, 0.4) is 0 Å². The Hall–Kier alpha value is -0.160. The normalized spacial score (nSPS) is 20.5. The molecule has 1 fully saturated rings. The lowest BCUT2D eigenvalue weighted by atomic mass is 10.2. The van der Waals surface area contributed by atoms with Crippen molar-refractivity contribution in [2.24, 2.45) is 0 Å². The molecule has 1 saturated heterocycles. The van der Waals surface area contributed by atoms with Gasteiger partial charge >= 0.3 is 0 Å². The summed E-state index contributed by atoms with van der Waals surface area (Å²) in [6, 6.07) is 1.06. The van der Waals surface area contributed by atoms with Crippen molar-refractivity contribution in [1.82, 2.24) is 15.1 Å². The van der Waals surface area contributed by atoms with Crippen molar-refractivity contribution >= 4 is 0 Å². The number of piperazine rings is 1. The molecule has 0 aliphatic carbocycles. The third-order valence-corrected chi connectivity index (χ3v) is 3.58. The fraction of sp³-hybridized carbons (Fsp3) is 1.00. The summed E-state index contributed by atoms with van der Waals surface area (Å²) in [6.45, 7) is 14.5. The van der Waals surface area contributed by atoms with Crippen LogP contribution in [0, 0.1) is 0 Å². The van der Waals surface area contributed by atoms with E-state index in [1.807, 2.05) is 0 Å². The van der Waals surface area contributed by atoms with E-state index in [0.717, 1.165) is 13.2 Å². The van der Waals surface area contributed by atoms with Crippen molar-refractivity contribution < 1.29 is 4.74 Å². The van der Waals surface area contributed by atoms with Gasteiger partial charge < -0.3 is 15.0 Å². The van der Waals surface area contributed by atoms with E-state index in [0.29, 0.717) is 12.1 Å². The second kappa shape index (κ2) is 8.86. The fourth-order valence-corrected chi connectivity index (χ4v) is 2.53. The minimum absolute atomic E-state index is 0.515. The maximum Gasteiger partial charge on any atom is 0.0630 e. The van der Waals surface area contributed by atoms with Gasteiger partial charge in [0.25, 0.3) is 0 Å². The van der Waals surface area contributed by atoms with Crippen LogP contribution in [0.1, 0.15) is 27.2 Å². The van der Waals surface area contributed by atoms with Crippen molar-refractivity contribution in [1.29, 1.82) is 0 Å². The zero-order valence-corrected chi connectivity index (χ0v) is 12.6. The highest BCUT2D eigenvalue weighted by molar-refractivity contribution is 4.80. The van der Waals surface area contributed by atoms with Gasteiger partial charge in [-0.1, -0.05) is 20.8 Å². The molecular weight excluding hydrogens is 226 g/mol. The Morgan fingerprint density at radius 3 is 2.33 bits per heavy atom. The third-order valence-electron chi connectivity index (χ3n) is 3.58. The first-order valence-electron chi connectivity index (χ1n) is 7.36. The van der Waals surface area contributed by atoms with Crippen molar-refractivity contribution in [2.45, 2.75) is 39.3 Å². The molecule has 1 aliphatic rings. The molecule has 0 bridgehead atoms. The summed E-state index contributed by atoms with van der Waals surface area (Å²) < 4.78 is 5.37. The molecule has 0 amide bonds. The summed E-state index contributed by atoms with van der Waals surface area (Å²) >= 11 is 0. The van der Waals surface area contributed by atoms with Gasteiger partial charge in [-0.15, -0.1) is 0 Å². The van der Waals surface area contributed by atoms with Crippen LogP contribution in [0.25, 0.3) is 0 Å². The van der Waals surface area contributed by atoms with Crippen LogP contribution < -0.4 is 5.32 Å². The maximum atomic E-state index is 5.37. The molecule has 1 aliphatic heterocycles. The average molecular weight is 257 g/mol. The highest BCUT2D eigenvalue weighted by Gasteiger charge is 2.23. The van der Waals surface area contributed by atoms with Crippen LogP contribution in [0.5, 0.6) is 0 Å². The molecule has 4 nitrogen and oxygen atoms in total. The van der Waals surface area contributed by atoms with E-state index >= 15 is 0 Å². The summed E-state index contributed by atoms with van der Waals surface area (Å²) in [4.78, 5) is 5.14. The molecule has 1 heterocycles. The number of hydrogen-bond acceptors (Lipinski definition) is 4. The maximum absolute atomic E-state index is 5.37. The van der Waals surface area contributed by atoms with Gasteiger partial charge in [0, 0.05) is 51.9 Å². The Bertz CT molecular complexity index is 203. The molecule has 0 spiro atoms. The van der Waals surface area contributed by atoms with E-state index in [-0.39, 0.29) is 0 Å². The molecule has 1 N–H and O–H groups in total. The van der Waals surface area contributed by atoms with Gasteiger partial charge in [-0.05, 0) is 13.0 Å². The molecule has 0 radical (unpaired) electrons. The highest BCUT2D eigenvalue weighted by Crippen LogP contribution is 2.07. The molecule has 1 atom stereocenters. The van der Waals surface area contributed by atoms with Crippen LogP contribution in [-0.2, 0) is 4.74 Å². The minimum atomic E-state index is 0.515. The lowest BCUT2D eigenvalue weighted by Gasteiger charge is -2.39. The topological polar surface area (TPSA) is 27.7 Å². The van der Waals surface area contributed by atoms with Crippen LogP contribution in [0.2, 0.25) is 0 Å². The molecule has 0 aromatic heterocycles. The van der Waals surface area contributed by atoms with Crippen molar-refractivity contribution in [3.63, 3.8) is 0 Å². The monoisotopic (exact) mass is 257 g/mol. The van der Waals surface area contributed by atoms with Gasteiger partial charge in [-0.25, -0.2) is 0 Å². The first kappa shape index (κ1) is 15.9. The zero-order chi connectivity index (χ0) is 13.4. The number of nitrogens with one attached hydrogen (secondary N) is 1. The smallest absolute Gasteiger partial charge is 0.0630 e. The van der Waals surface area contributed by atoms with Crippen LogP contribution in [-0.4, -0.2) is 74.9 Å². The quantitative estimate of drug-likeness (QED) is 0.703. The second-order valence-corrected chi connectivity index (χ2v) is 5.55. The summed E-state index contributed by atoms with van der Waals surface area (Å²) in [5.74, 6) is 0. The molecule has 108 valence electrons. The Labute approximate surface area is 113 Å². The second-order valence-electron chi connectivity index (χ2n) is 5.55. The van der Waals surface area contributed by atoms with Crippen LogP contribution in [0.4, 0.5) is 0 Å². The van der Waals surface area contributed by atoms with Gasteiger partial charge in [0.15, 0.2) is 0 Å². The molecular formula is C14H31N3O. The number of methoxy groups -OCH3 is 1. The van der Waals surface area contributed by atoms with E-state index in [9.17, 15) is 0 Å². The summed E-state index contributed by atoms with van der Waals surface area (Å²) in [7, 11) is 1.80. The summed E-state index contributed by atoms with van der Waals surface area (Å²) in [6.07, 6.45) is 1.26. The number of nitrogens with zero attached hydrogens (tertiary/aromatic N) is 2. The van der Waals surface area contributed by atoms with E-state index in [2.05, 4.69) is 35.9 Å². The lowest BCUT2D eigenvalue weighted by Crippen LogP contribution is -2.54. The van der Waals surface area contributed by atoms with Gasteiger partial charge in [-0.2, -0.15) is 0 Å². The first-order chi connectivity index (χ1) is 8.67. The Balaban J connectivity index is 2.34. The Morgan fingerprint density at radius 2 is 1.83 bits per heavy atom. The molecule has 1 rings (SSSR count). The predicted molar refractivity (Wildman–Crippen MR) is 77.1 cm³/mol. The SMILES string of the molecule is CCCN1CCN(C(CNC(C)C)COC)CC1. The van der Waals surface area contributed by atoms with Gasteiger partial charge in [0.1, 0.15) is 0 Å². The van der Waals surface area contributed by atoms with Crippen molar-refractivity contribution in [3.8, 4) is 0 Å². The van der Waals surface area contributed by atoms with Gasteiger partial charge in [0.05, 0.1) is 6.61 Å². The third kappa shape index (κ3) is 5.65. The number of ether oxygens (including phenoxy) is 1. The highest BCUT2D eigenvalue weighted by atomic mass is 16.5. The number of rotatable bonds is 8. The predicted octanol–water partition coefficient (Wildman–Crippen LogP) is 1.03. The van der Waals surface area contributed by atoms with Gasteiger partial charge in [0.2, 0.25) is 0 Å². The van der Waals surface area contributed by atoms with Gasteiger partial charge in [-0.3, -0.25) is 4.90 Å². The van der Waals surface area contributed by atoms with Crippen LogP contribution in [0.15, 0.2) is 0 Å². The van der Waals surface area contributed by atoms with Crippen LogP contribution >= 0.6 is 0 Å². The van der Waals surface area contributed by atoms with E-state index in [1.54, 1.807) is 7.11 Å². The van der Waals surface area contributed by atoms with E-state index < -0.39 is 0 Å². The Morgan fingerprint density at radius 1 is 1.17 bits per heavy atom. The standard InChI is InChI=1S/C14H31N3O/c1-5-6-16-7-9-17(10-8-16)14(12-18-4)11-15-13(2)3/h13-15H,5-12H2,1-4H3. The molecule has 0 aromatic rings. The van der Waals surface area contributed by atoms with E-state index in [1.165, 1.54) is 39.1 Å². The minimum Gasteiger partial charge on any atom is -0.383 e. The Kier molecular flexibility index (Phi) is 7.82. The molecule has 1 unspecified atom stereocenters. The fourth-order valence-electron chi connectivity index (χ4n) is 2.53. The molecule has 0 aromatic carbocycles. The summed E-state index contributed by atoms with van der Waals surface area (Å²) in [5.41, 5.74) is 0. The number of hydrogen-bond donors (Lipinski definition) is 1. The van der Waals surface area contributed by atoms with Crippen molar-refractivity contribution in [2.75, 3.05) is 53.0 Å².